The first-order valence-corrected chi connectivity index (χ1v) is 9.79. The molecule has 0 unspecified atom stereocenters. The lowest BCUT2D eigenvalue weighted by Crippen LogP contribution is -2.33. The molecule has 0 N–H and O–H groups in total. The van der Waals surface area contributed by atoms with Gasteiger partial charge in [-0.1, -0.05) is 42.4 Å². The highest BCUT2D eigenvalue weighted by Crippen LogP contribution is 2.06. The van der Waals surface area contributed by atoms with Gasteiger partial charge >= 0.3 is 5.97 Å². The van der Waals surface area contributed by atoms with E-state index in [1.807, 2.05) is 56.9 Å². The second kappa shape index (κ2) is 7.09. The Bertz CT molecular complexity index is 438. The molecule has 0 saturated heterocycles. The van der Waals surface area contributed by atoms with Crippen LogP contribution in [0, 0.1) is 0 Å². The molecular formula is C14H21NO3Si. The molecule has 1 aromatic rings. The van der Waals surface area contributed by atoms with Crippen LogP contribution >= 0.6 is 0 Å². The minimum Gasteiger partial charge on any atom is -0.515 e. The number of hydrogen-bond acceptors (Lipinski definition) is 4. The van der Waals surface area contributed by atoms with E-state index in [1.165, 1.54) is 0 Å². The van der Waals surface area contributed by atoms with Gasteiger partial charge in [0.25, 0.3) is 0 Å². The lowest BCUT2D eigenvalue weighted by molar-refractivity contribution is -0.128. The van der Waals surface area contributed by atoms with Crippen LogP contribution in [0.3, 0.4) is 0 Å². The largest absolute Gasteiger partial charge is 0.515 e. The molecule has 1 aromatic carbocycles. The molecule has 0 amide bonds. The number of carbonyl (C=O) groups is 1. The molecule has 104 valence electrons. The van der Waals surface area contributed by atoms with Gasteiger partial charge in [-0.25, -0.2) is 4.79 Å². The predicted molar refractivity (Wildman–Crippen MR) is 78.4 cm³/mol. The van der Waals surface area contributed by atoms with E-state index in [0.29, 0.717) is 18.7 Å². The number of hydrogen-bond donors (Lipinski definition) is 0. The molecule has 0 radical (unpaired) electrons. The lowest BCUT2D eigenvalue weighted by atomic mass is 10.2. The number of benzene rings is 1. The summed E-state index contributed by atoms with van der Waals surface area (Å²) in [5, 5.41) is 3.89. The minimum atomic E-state index is -1.89. The Morgan fingerprint density at radius 3 is 2.37 bits per heavy atom. The molecule has 19 heavy (non-hydrogen) atoms. The Balaban J connectivity index is 2.55. The van der Waals surface area contributed by atoms with Crippen molar-refractivity contribution < 1.29 is 14.1 Å². The summed E-state index contributed by atoms with van der Waals surface area (Å²) in [5.74, 6) is -0.366. The predicted octanol–water partition coefficient (Wildman–Crippen LogP) is 3.35. The van der Waals surface area contributed by atoms with Crippen LogP contribution in [0.1, 0.15) is 18.9 Å². The average molecular weight is 279 g/mol. The van der Waals surface area contributed by atoms with Crippen molar-refractivity contribution in [2.24, 2.45) is 5.16 Å². The van der Waals surface area contributed by atoms with Crippen LogP contribution in [0.15, 0.2) is 35.5 Å². The smallest absolute Gasteiger partial charge is 0.342 e. The van der Waals surface area contributed by atoms with E-state index in [9.17, 15) is 4.79 Å². The zero-order chi connectivity index (χ0) is 14.3. The topological polar surface area (TPSA) is 47.9 Å². The molecule has 0 aliphatic heterocycles. The van der Waals surface area contributed by atoms with E-state index in [-0.39, 0.29) is 5.97 Å². The molecule has 0 heterocycles. The van der Waals surface area contributed by atoms with E-state index in [2.05, 4.69) is 5.16 Å². The van der Waals surface area contributed by atoms with Gasteiger partial charge in [0.2, 0.25) is 8.32 Å². The van der Waals surface area contributed by atoms with Gasteiger partial charge in [0.1, 0.15) is 6.61 Å². The van der Waals surface area contributed by atoms with Crippen LogP contribution in [0.25, 0.3) is 0 Å². The summed E-state index contributed by atoms with van der Waals surface area (Å²) in [6.45, 7) is 8.09. The Hall–Kier alpha value is -1.62. The van der Waals surface area contributed by atoms with Crippen LogP contribution < -0.4 is 0 Å². The standard InChI is InChI=1S/C14H21NO3Si/c1-5-13(14(16)18-19(2,3)4)15-17-11-12-9-7-6-8-10-12/h6-10H,5,11H2,1-4H3/b15-13-. The first kappa shape index (κ1) is 15.4. The zero-order valence-electron chi connectivity index (χ0n) is 12.0. The molecule has 0 aromatic heterocycles. The van der Waals surface area contributed by atoms with E-state index in [4.69, 9.17) is 9.26 Å². The highest BCUT2D eigenvalue weighted by Gasteiger charge is 2.23. The average Bonchev–Trinajstić information content (AvgIpc) is 2.33. The fraction of sp³-hybridized carbons (Fsp3) is 0.429. The molecule has 0 aliphatic rings. The summed E-state index contributed by atoms with van der Waals surface area (Å²) in [7, 11) is -1.89. The number of rotatable bonds is 6. The van der Waals surface area contributed by atoms with Crippen molar-refractivity contribution in [1.29, 1.82) is 0 Å². The zero-order valence-corrected chi connectivity index (χ0v) is 13.0. The van der Waals surface area contributed by atoms with Crippen LogP contribution in [0.5, 0.6) is 0 Å². The van der Waals surface area contributed by atoms with E-state index in [1.54, 1.807) is 0 Å². The van der Waals surface area contributed by atoms with Gasteiger partial charge in [-0.15, -0.1) is 0 Å². The van der Waals surface area contributed by atoms with E-state index < -0.39 is 8.32 Å². The Labute approximate surface area is 115 Å². The number of nitrogens with zero attached hydrogens (tertiary/aromatic N) is 1. The second-order valence-electron chi connectivity index (χ2n) is 5.15. The molecule has 0 fully saturated rings. The maximum absolute atomic E-state index is 11.8. The Morgan fingerprint density at radius 2 is 1.84 bits per heavy atom. The fourth-order valence-electron chi connectivity index (χ4n) is 1.34. The van der Waals surface area contributed by atoms with Crippen molar-refractivity contribution in [1.82, 2.24) is 0 Å². The van der Waals surface area contributed by atoms with Gasteiger partial charge in [-0.05, 0) is 31.6 Å². The van der Waals surface area contributed by atoms with Crippen molar-refractivity contribution in [2.45, 2.75) is 39.6 Å². The van der Waals surface area contributed by atoms with Gasteiger partial charge in [0.15, 0.2) is 5.71 Å². The normalized spacial score (nSPS) is 12.1. The van der Waals surface area contributed by atoms with Gasteiger partial charge in [0, 0.05) is 0 Å². The molecule has 0 spiro atoms. The van der Waals surface area contributed by atoms with Crippen LogP contribution in [0.4, 0.5) is 0 Å². The van der Waals surface area contributed by atoms with Gasteiger partial charge in [-0.3, -0.25) is 0 Å². The summed E-state index contributed by atoms with van der Waals surface area (Å²) in [5.41, 5.74) is 1.35. The van der Waals surface area contributed by atoms with Crippen LogP contribution in [-0.2, 0) is 20.7 Å². The lowest BCUT2D eigenvalue weighted by Gasteiger charge is -2.17. The Morgan fingerprint density at radius 1 is 1.21 bits per heavy atom. The number of carbonyl (C=O) groups excluding carboxylic acids is 1. The summed E-state index contributed by atoms with van der Waals surface area (Å²) >= 11 is 0. The number of oxime groups is 1. The van der Waals surface area contributed by atoms with Crippen molar-refractivity contribution in [3.63, 3.8) is 0 Å². The summed E-state index contributed by atoms with van der Waals surface area (Å²) in [4.78, 5) is 17.0. The summed E-state index contributed by atoms with van der Waals surface area (Å²) in [6.07, 6.45) is 0.498. The third kappa shape index (κ3) is 6.19. The maximum Gasteiger partial charge on any atom is 0.342 e. The SMILES string of the molecule is CC/C(=N/OCc1ccccc1)C(=O)O[Si](C)(C)C. The Kier molecular flexibility index (Phi) is 5.76. The fourth-order valence-corrected chi connectivity index (χ4v) is 2.02. The highest BCUT2D eigenvalue weighted by atomic mass is 28.4. The maximum atomic E-state index is 11.8. The summed E-state index contributed by atoms with van der Waals surface area (Å²) in [6, 6.07) is 9.70. The molecule has 0 bridgehead atoms. The van der Waals surface area contributed by atoms with Crippen LogP contribution in [0.2, 0.25) is 19.6 Å². The van der Waals surface area contributed by atoms with Crippen molar-refractivity contribution in [2.75, 3.05) is 0 Å². The highest BCUT2D eigenvalue weighted by molar-refractivity contribution is 6.72. The first-order valence-electron chi connectivity index (χ1n) is 6.38. The molecule has 0 aliphatic carbocycles. The third-order valence-electron chi connectivity index (χ3n) is 2.22. The van der Waals surface area contributed by atoms with E-state index >= 15 is 0 Å². The van der Waals surface area contributed by atoms with Gasteiger partial charge < -0.3 is 9.26 Å². The summed E-state index contributed by atoms with van der Waals surface area (Å²) < 4.78 is 5.38. The molecule has 5 heteroatoms. The van der Waals surface area contributed by atoms with Crippen LogP contribution in [-0.4, -0.2) is 20.0 Å². The first-order chi connectivity index (χ1) is 8.92. The second-order valence-corrected chi connectivity index (χ2v) is 9.58. The monoisotopic (exact) mass is 279 g/mol. The molecule has 4 nitrogen and oxygen atoms in total. The van der Waals surface area contributed by atoms with Gasteiger partial charge in [-0.2, -0.15) is 0 Å². The van der Waals surface area contributed by atoms with E-state index in [0.717, 1.165) is 5.56 Å². The van der Waals surface area contributed by atoms with Crippen molar-refractivity contribution in [3.05, 3.63) is 35.9 Å². The molecular weight excluding hydrogens is 258 g/mol. The molecule has 0 saturated carbocycles. The third-order valence-corrected chi connectivity index (χ3v) is 3.02. The quantitative estimate of drug-likeness (QED) is 0.456. The van der Waals surface area contributed by atoms with Crippen molar-refractivity contribution in [3.8, 4) is 0 Å². The molecule has 1 rings (SSSR count). The van der Waals surface area contributed by atoms with Gasteiger partial charge in [0.05, 0.1) is 0 Å². The van der Waals surface area contributed by atoms with Crippen molar-refractivity contribution >= 4 is 20.0 Å². The minimum absolute atomic E-state index is 0.332. The molecule has 0 atom stereocenters.